The van der Waals surface area contributed by atoms with Crippen molar-refractivity contribution in [1.82, 2.24) is 14.9 Å². The molecule has 0 fully saturated rings. The molecule has 0 aliphatic carbocycles. The van der Waals surface area contributed by atoms with Crippen LogP contribution < -0.4 is 5.56 Å². The number of fused-ring (bicyclic) bond motifs is 1. The van der Waals surface area contributed by atoms with Crippen LogP contribution in [0.2, 0.25) is 0 Å². The third kappa shape index (κ3) is 3.67. The van der Waals surface area contributed by atoms with Crippen molar-refractivity contribution < 1.29 is 0 Å². The molecule has 108 valence electrons. The van der Waals surface area contributed by atoms with E-state index in [1.54, 1.807) is 0 Å². The molecule has 0 aliphatic rings. The lowest BCUT2D eigenvalue weighted by molar-refractivity contribution is 0.391. The topological polar surface area (TPSA) is 49.0 Å². The Labute approximate surface area is 119 Å². The Morgan fingerprint density at radius 3 is 2.75 bits per heavy atom. The number of aryl methyl sites for hydroxylation is 2. The van der Waals surface area contributed by atoms with Crippen LogP contribution >= 0.6 is 0 Å². The van der Waals surface area contributed by atoms with Crippen molar-refractivity contribution in [2.24, 2.45) is 0 Å². The largest absolute Gasteiger partial charge is 0.310 e. The quantitative estimate of drug-likeness (QED) is 0.823. The molecule has 1 N–H and O–H groups in total. The fourth-order valence-corrected chi connectivity index (χ4v) is 2.37. The van der Waals surface area contributed by atoms with Gasteiger partial charge in [-0.2, -0.15) is 0 Å². The average Bonchev–Trinajstić information content (AvgIpc) is 2.39. The number of nitrogens with one attached hydrogen (secondary N) is 1. The molecule has 0 bridgehead atoms. The highest BCUT2D eigenvalue weighted by Crippen LogP contribution is 2.12. The second kappa shape index (κ2) is 6.66. The Bertz CT molecular complexity index is 631. The molecule has 2 aromatic rings. The van der Waals surface area contributed by atoms with Crippen LogP contribution in [-0.4, -0.2) is 35.5 Å². The first kappa shape index (κ1) is 14.7. The summed E-state index contributed by atoms with van der Waals surface area (Å²) in [6.07, 6.45) is 4.25. The summed E-state index contributed by atoms with van der Waals surface area (Å²) < 4.78 is 0. The number of unbranched alkanes of at least 4 members (excludes halogenated alkanes) is 2. The molecule has 0 saturated heterocycles. The van der Waals surface area contributed by atoms with Gasteiger partial charge in [-0.15, -0.1) is 0 Å². The number of benzene rings is 1. The second-order valence-electron chi connectivity index (χ2n) is 5.60. The Morgan fingerprint density at radius 1 is 1.20 bits per heavy atom. The minimum absolute atomic E-state index is 0.0259. The van der Waals surface area contributed by atoms with Gasteiger partial charge in [-0.05, 0) is 52.0 Å². The molecule has 2 rings (SSSR count). The SMILES string of the molecule is Cc1cccc2c(=O)[nH]c(CCCCCN(C)C)nc12. The van der Waals surface area contributed by atoms with Crippen LogP contribution in [0.4, 0.5) is 0 Å². The molecular formula is C16H23N3O. The third-order valence-electron chi connectivity index (χ3n) is 3.51. The standard InChI is InChI=1S/C16H23N3O/c1-12-8-7-9-13-15(12)17-14(18-16(13)20)10-5-4-6-11-19(2)3/h7-9H,4-6,10-11H2,1-3H3,(H,17,18,20). The van der Waals surface area contributed by atoms with E-state index in [9.17, 15) is 4.79 Å². The van der Waals surface area contributed by atoms with Gasteiger partial charge >= 0.3 is 0 Å². The zero-order chi connectivity index (χ0) is 14.5. The molecule has 0 unspecified atom stereocenters. The second-order valence-corrected chi connectivity index (χ2v) is 5.60. The van der Waals surface area contributed by atoms with Crippen molar-refractivity contribution in [3.05, 3.63) is 39.9 Å². The molecule has 0 radical (unpaired) electrons. The van der Waals surface area contributed by atoms with Crippen LogP contribution in [-0.2, 0) is 6.42 Å². The molecular weight excluding hydrogens is 250 g/mol. The van der Waals surface area contributed by atoms with Crippen molar-refractivity contribution in [3.63, 3.8) is 0 Å². The van der Waals surface area contributed by atoms with E-state index < -0.39 is 0 Å². The molecule has 20 heavy (non-hydrogen) atoms. The summed E-state index contributed by atoms with van der Waals surface area (Å²) in [6.45, 7) is 3.11. The Kier molecular flexibility index (Phi) is 4.90. The minimum atomic E-state index is -0.0259. The molecule has 0 aliphatic heterocycles. The van der Waals surface area contributed by atoms with Crippen molar-refractivity contribution in [2.75, 3.05) is 20.6 Å². The highest BCUT2D eigenvalue weighted by atomic mass is 16.1. The summed E-state index contributed by atoms with van der Waals surface area (Å²) in [7, 11) is 4.18. The van der Waals surface area contributed by atoms with Crippen molar-refractivity contribution in [2.45, 2.75) is 32.6 Å². The van der Waals surface area contributed by atoms with Crippen LogP contribution in [0.3, 0.4) is 0 Å². The molecule has 4 heteroatoms. The highest BCUT2D eigenvalue weighted by Gasteiger charge is 2.05. The van der Waals surface area contributed by atoms with E-state index in [0.29, 0.717) is 5.39 Å². The van der Waals surface area contributed by atoms with Crippen molar-refractivity contribution in [1.29, 1.82) is 0 Å². The average molecular weight is 273 g/mol. The maximum Gasteiger partial charge on any atom is 0.258 e. The third-order valence-corrected chi connectivity index (χ3v) is 3.51. The van der Waals surface area contributed by atoms with Crippen LogP contribution in [0, 0.1) is 6.92 Å². The summed E-state index contributed by atoms with van der Waals surface area (Å²) in [5, 5.41) is 0.682. The Balaban J connectivity index is 2.04. The predicted molar refractivity (Wildman–Crippen MR) is 83.2 cm³/mol. The maximum absolute atomic E-state index is 12.0. The molecule has 1 aromatic carbocycles. The van der Waals surface area contributed by atoms with Gasteiger partial charge in [0.15, 0.2) is 0 Å². The lowest BCUT2D eigenvalue weighted by atomic mass is 10.1. The van der Waals surface area contributed by atoms with Gasteiger partial charge in [-0.1, -0.05) is 18.6 Å². The number of hydrogen-bond donors (Lipinski definition) is 1. The van der Waals surface area contributed by atoms with E-state index >= 15 is 0 Å². The zero-order valence-corrected chi connectivity index (χ0v) is 12.6. The van der Waals surface area contributed by atoms with Crippen LogP contribution in [0.5, 0.6) is 0 Å². The fraction of sp³-hybridized carbons (Fsp3) is 0.500. The molecule has 0 amide bonds. The molecule has 1 heterocycles. The summed E-state index contributed by atoms with van der Waals surface area (Å²) in [4.78, 5) is 21.7. The van der Waals surface area contributed by atoms with Crippen molar-refractivity contribution in [3.8, 4) is 0 Å². The number of hydrogen-bond acceptors (Lipinski definition) is 3. The molecule has 4 nitrogen and oxygen atoms in total. The lowest BCUT2D eigenvalue weighted by Crippen LogP contribution is -2.14. The minimum Gasteiger partial charge on any atom is -0.310 e. The summed E-state index contributed by atoms with van der Waals surface area (Å²) in [5.41, 5.74) is 1.86. The van der Waals surface area contributed by atoms with Gasteiger partial charge in [0.2, 0.25) is 0 Å². The summed E-state index contributed by atoms with van der Waals surface area (Å²) in [6, 6.07) is 5.72. The van der Waals surface area contributed by atoms with Gasteiger partial charge in [0, 0.05) is 6.42 Å². The number of aromatic nitrogens is 2. The van der Waals surface area contributed by atoms with E-state index in [1.165, 1.54) is 6.42 Å². The first-order valence-electron chi connectivity index (χ1n) is 7.21. The van der Waals surface area contributed by atoms with Crippen LogP contribution in [0.1, 0.15) is 30.7 Å². The van der Waals surface area contributed by atoms with Gasteiger partial charge in [0.05, 0.1) is 10.9 Å². The predicted octanol–water partition coefficient (Wildman–Crippen LogP) is 2.51. The smallest absolute Gasteiger partial charge is 0.258 e. The van der Waals surface area contributed by atoms with Gasteiger partial charge in [0.1, 0.15) is 5.82 Å². The van der Waals surface area contributed by atoms with Gasteiger partial charge in [-0.3, -0.25) is 4.79 Å². The maximum atomic E-state index is 12.0. The van der Waals surface area contributed by atoms with Crippen LogP contribution in [0.25, 0.3) is 10.9 Å². The first-order chi connectivity index (χ1) is 9.58. The normalized spacial score (nSPS) is 11.4. The Morgan fingerprint density at radius 2 is 2.00 bits per heavy atom. The number of aromatic amines is 1. The monoisotopic (exact) mass is 273 g/mol. The molecule has 0 atom stereocenters. The number of nitrogens with zero attached hydrogens (tertiary/aromatic N) is 2. The van der Waals surface area contributed by atoms with E-state index in [-0.39, 0.29) is 5.56 Å². The number of para-hydroxylation sites is 1. The number of H-pyrrole nitrogens is 1. The highest BCUT2D eigenvalue weighted by molar-refractivity contribution is 5.80. The van der Waals surface area contributed by atoms with Crippen LogP contribution in [0.15, 0.2) is 23.0 Å². The molecule has 0 spiro atoms. The van der Waals surface area contributed by atoms with E-state index in [4.69, 9.17) is 0 Å². The summed E-state index contributed by atoms with van der Waals surface area (Å²) in [5.74, 6) is 0.807. The Hall–Kier alpha value is -1.68. The zero-order valence-electron chi connectivity index (χ0n) is 12.6. The number of rotatable bonds is 6. The summed E-state index contributed by atoms with van der Waals surface area (Å²) >= 11 is 0. The molecule has 0 saturated carbocycles. The van der Waals surface area contributed by atoms with E-state index in [2.05, 4.69) is 29.0 Å². The van der Waals surface area contributed by atoms with Crippen molar-refractivity contribution >= 4 is 10.9 Å². The van der Waals surface area contributed by atoms with E-state index in [1.807, 2.05) is 25.1 Å². The molecule has 1 aromatic heterocycles. The fourth-order valence-electron chi connectivity index (χ4n) is 2.37. The van der Waals surface area contributed by atoms with Gasteiger partial charge in [-0.25, -0.2) is 4.98 Å². The van der Waals surface area contributed by atoms with Gasteiger partial charge in [0.25, 0.3) is 5.56 Å². The van der Waals surface area contributed by atoms with Gasteiger partial charge < -0.3 is 9.88 Å². The van der Waals surface area contributed by atoms with E-state index in [0.717, 1.165) is 42.7 Å². The lowest BCUT2D eigenvalue weighted by Gasteiger charge is -2.08. The first-order valence-corrected chi connectivity index (χ1v) is 7.21.